The number of hydrogen-bond acceptors (Lipinski definition) is 2. The van der Waals surface area contributed by atoms with Gasteiger partial charge in [-0.3, -0.25) is 0 Å². The van der Waals surface area contributed by atoms with Gasteiger partial charge in [0.15, 0.2) is 8.32 Å². The van der Waals surface area contributed by atoms with Crippen LogP contribution in [0.2, 0.25) is 18.1 Å². The van der Waals surface area contributed by atoms with Crippen LogP contribution in [0.5, 0.6) is 0 Å². The normalized spacial score (nSPS) is 15.7. The summed E-state index contributed by atoms with van der Waals surface area (Å²) in [6, 6.07) is 0. The summed E-state index contributed by atoms with van der Waals surface area (Å²) in [5, 5.41) is 0.170. The Hall–Kier alpha value is -0.153. The van der Waals surface area contributed by atoms with Gasteiger partial charge in [0.1, 0.15) is 12.4 Å². The second kappa shape index (κ2) is 4.58. The quantitative estimate of drug-likeness (QED) is 0.533. The summed E-state index contributed by atoms with van der Waals surface area (Å²) in [6.07, 6.45) is 0.696. The van der Waals surface area contributed by atoms with E-state index in [4.69, 9.17) is 4.43 Å². The monoisotopic (exact) mass is 216 g/mol. The molecule has 2 nitrogen and oxygen atoms in total. The molecular weight excluding hydrogens is 192 g/mol. The van der Waals surface area contributed by atoms with Crippen molar-refractivity contribution in [1.29, 1.82) is 0 Å². The average Bonchev–Trinajstić information content (AvgIpc) is 1.97. The molecule has 0 unspecified atom stereocenters. The second-order valence-corrected chi connectivity index (χ2v) is 10.5. The van der Waals surface area contributed by atoms with Gasteiger partial charge in [-0.2, -0.15) is 0 Å². The number of carbonyl (C=O) groups excluding carboxylic acids is 1. The first kappa shape index (κ1) is 13.8. The summed E-state index contributed by atoms with van der Waals surface area (Å²) in [7, 11) is -1.78. The zero-order valence-electron chi connectivity index (χ0n) is 10.5. The maximum absolute atomic E-state index is 10.8. The van der Waals surface area contributed by atoms with Gasteiger partial charge in [0.05, 0.1) is 0 Å². The molecular formula is C11H24O2Si. The van der Waals surface area contributed by atoms with E-state index in [0.29, 0.717) is 0 Å². The predicted molar refractivity (Wildman–Crippen MR) is 63.0 cm³/mol. The summed E-state index contributed by atoms with van der Waals surface area (Å²) in [4.78, 5) is 10.8. The first-order valence-corrected chi connectivity index (χ1v) is 8.16. The van der Waals surface area contributed by atoms with E-state index in [1.165, 1.54) is 0 Å². The van der Waals surface area contributed by atoms with E-state index in [-0.39, 0.29) is 17.1 Å². The van der Waals surface area contributed by atoms with Crippen LogP contribution in [0, 0.1) is 5.92 Å². The Labute approximate surface area is 89.2 Å². The van der Waals surface area contributed by atoms with Crippen LogP contribution in [-0.2, 0) is 9.22 Å². The second-order valence-electron chi connectivity index (χ2n) is 5.72. The van der Waals surface area contributed by atoms with Gasteiger partial charge in [0.25, 0.3) is 0 Å². The number of rotatable bonds is 4. The van der Waals surface area contributed by atoms with Crippen molar-refractivity contribution in [2.45, 2.75) is 58.9 Å². The van der Waals surface area contributed by atoms with Crippen molar-refractivity contribution >= 4 is 14.6 Å². The van der Waals surface area contributed by atoms with Crippen molar-refractivity contribution in [2.24, 2.45) is 5.92 Å². The summed E-state index contributed by atoms with van der Waals surface area (Å²) >= 11 is 0. The molecule has 0 saturated carbocycles. The molecule has 0 radical (unpaired) electrons. The van der Waals surface area contributed by atoms with Crippen LogP contribution >= 0.6 is 0 Å². The van der Waals surface area contributed by atoms with E-state index in [1.54, 1.807) is 0 Å². The zero-order valence-corrected chi connectivity index (χ0v) is 11.5. The molecule has 3 heteroatoms. The van der Waals surface area contributed by atoms with E-state index in [2.05, 4.69) is 33.9 Å². The van der Waals surface area contributed by atoms with Crippen molar-refractivity contribution in [3.8, 4) is 0 Å². The van der Waals surface area contributed by atoms with Crippen LogP contribution < -0.4 is 0 Å². The van der Waals surface area contributed by atoms with Crippen LogP contribution in [0.4, 0.5) is 0 Å². The highest BCUT2D eigenvalue weighted by molar-refractivity contribution is 6.74. The summed E-state index contributed by atoms with van der Waals surface area (Å²) in [5.41, 5.74) is 0. The van der Waals surface area contributed by atoms with Crippen LogP contribution in [0.25, 0.3) is 0 Å². The van der Waals surface area contributed by atoms with Crippen LogP contribution in [-0.4, -0.2) is 20.7 Å². The van der Waals surface area contributed by atoms with Gasteiger partial charge in [0, 0.05) is 0 Å². The van der Waals surface area contributed by atoms with Gasteiger partial charge in [-0.15, -0.1) is 0 Å². The average molecular weight is 216 g/mol. The maximum Gasteiger partial charge on any atom is 0.193 e. The molecule has 0 bridgehead atoms. The van der Waals surface area contributed by atoms with Crippen molar-refractivity contribution < 1.29 is 9.22 Å². The van der Waals surface area contributed by atoms with Crippen LogP contribution in [0.15, 0.2) is 0 Å². The fourth-order valence-electron chi connectivity index (χ4n) is 0.838. The fourth-order valence-corrected chi connectivity index (χ4v) is 2.20. The Bertz CT molecular complexity index is 192. The minimum atomic E-state index is -1.78. The van der Waals surface area contributed by atoms with Crippen molar-refractivity contribution in [3.05, 3.63) is 0 Å². The number of carbonyl (C=O) groups is 1. The minimum absolute atomic E-state index is 0.170. The summed E-state index contributed by atoms with van der Waals surface area (Å²) in [6.45, 7) is 14.9. The first-order chi connectivity index (χ1) is 6.12. The van der Waals surface area contributed by atoms with E-state index in [9.17, 15) is 4.79 Å². The lowest BCUT2D eigenvalue weighted by molar-refractivity contribution is -0.115. The van der Waals surface area contributed by atoms with Crippen LogP contribution in [0.1, 0.15) is 34.6 Å². The topological polar surface area (TPSA) is 26.3 Å². The number of aldehydes is 1. The highest BCUT2D eigenvalue weighted by Crippen LogP contribution is 2.37. The fraction of sp³-hybridized carbons (Fsp3) is 0.909. The molecule has 1 atom stereocenters. The molecule has 0 aromatic rings. The highest BCUT2D eigenvalue weighted by atomic mass is 28.4. The molecule has 0 aliphatic rings. The third-order valence-electron chi connectivity index (χ3n) is 3.03. The van der Waals surface area contributed by atoms with E-state index < -0.39 is 8.32 Å². The molecule has 0 rings (SSSR count). The molecule has 14 heavy (non-hydrogen) atoms. The van der Waals surface area contributed by atoms with E-state index in [1.807, 2.05) is 13.8 Å². The Kier molecular flexibility index (Phi) is 4.53. The summed E-state index contributed by atoms with van der Waals surface area (Å²) < 4.78 is 5.98. The van der Waals surface area contributed by atoms with Crippen molar-refractivity contribution in [2.75, 3.05) is 0 Å². The molecule has 0 amide bonds. The summed E-state index contributed by atoms with van der Waals surface area (Å²) in [5.74, 6) is 0.265. The van der Waals surface area contributed by atoms with Gasteiger partial charge in [-0.05, 0) is 24.1 Å². The standard InChI is InChI=1S/C11H24O2Si/c1-9(2)10(8-12)13-14(6,7)11(3,4)5/h8-10H,1-7H3/t10-/m1/s1. The van der Waals surface area contributed by atoms with Gasteiger partial charge >= 0.3 is 0 Å². The van der Waals surface area contributed by atoms with E-state index in [0.717, 1.165) is 6.29 Å². The Morgan fingerprint density at radius 2 is 1.64 bits per heavy atom. The third-order valence-corrected chi connectivity index (χ3v) is 7.50. The molecule has 0 saturated heterocycles. The number of hydrogen-bond donors (Lipinski definition) is 0. The predicted octanol–water partition coefficient (Wildman–Crippen LogP) is 3.23. The Morgan fingerprint density at radius 1 is 1.21 bits per heavy atom. The molecule has 0 aliphatic carbocycles. The third kappa shape index (κ3) is 3.54. The lowest BCUT2D eigenvalue weighted by Gasteiger charge is -2.38. The van der Waals surface area contributed by atoms with Gasteiger partial charge < -0.3 is 9.22 Å². The first-order valence-electron chi connectivity index (χ1n) is 5.25. The lowest BCUT2D eigenvalue weighted by Crippen LogP contribution is -2.45. The highest BCUT2D eigenvalue weighted by Gasteiger charge is 2.39. The smallest absolute Gasteiger partial charge is 0.193 e. The van der Waals surface area contributed by atoms with Crippen LogP contribution in [0.3, 0.4) is 0 Å². The zero-order chi connectivity index (χ0) is 11.6. The SMILES string of the molecule is CC(C)[C@@H](C=O)O[Si](C)(C)C(C)(C)C. The largest absolute Gasteiger partial charge is 0.407 e. The molecule has 0 fully saturated rings. The lowest BCUT2D eigenvalue weighted by atomic mass is 10.1. The molecule has 0 aliphatic heterocycles. The molecule has 0 N–H and O–H groups in total. The van der Waals surface area contributed by atoms with Crippen molar-refractivity contribution in [1.82, 2.24) is 0 Å². The minimum Gasteiger partial charge on any atom is -0.407 e. The molecule has 0 spiro atoms. The van der Waals surface area contributed by atoms with E-state index >= 15 is 0 Å². The van der Waals surface area contributed by atoms with Gasteiger partial charge in [0.2, 0.25) is 0 Å². The Balaban J connectivity index is 4.56. The van der Waals surface area contributed by atoms with Gasteiger partial charge in [-0.25, -0.2) is 0 Å². The Morgan fingerprint density at radius 3 is 1.86 bits per heavy atom. The van der Waals surface area contributed by atoms with Crippen molar-refractivity contribution in [3.63, 3.8) is 0 Å². The molecule has 0 aromatic carbocycles. The molecule has 84 valence electrons. The molecule has 0 heterocycles. The van der Waals surface area contributed by atoms with Gasteiger partial charge in [-0.1, -0.05) is 34.6 Å². The molecule has 0 aromatic heterocycles. The maximum atomic E-state index is 10.8.